The molecule has 1 nitrogen and oxygen atoms in total. The molecule has 2 aliphatic rings. The van der Waals surface area contributed by atoms with E-state index in [-0.39, 0.29) is 0 Å². The molecule has 0 bridgehead atoms. The fourth-order valence-corrected chi connectivity index (χ4v) is 1.78. The number of nitrogens with one attached hydrogen (secondary N) is 1. The van der Waals surface area contributed by atoms with Gasteiger partial charge in [-0.05, 0) is 24.5 Å². The van der Waals surface area contributed by atoms with Crippen LogP contribution in [0.3, 0.4) is 0 Å². The van der Waals surface area contributed by atoms with Crippen LogP contribution in [0.4, 0.5) is 5.69 Å². The second-order valence-electron chi connectivity index (χ2n) is 3.38. The summed E-state index contributed by atoms with van der Waals surface area (Å²) < 4.78 is 0. The third-order valence-electron chi connectivity index (χ3n) is 2.63. The fraction of sp³-hybridized carbons (Fsp3) is 0.300. The number of hydrogen-bond acceptors (Lipinski definition) is 1. The Balaban J connectivity index is 2.21. The van der Waals surface area contributed by atoms with E-state index >= 15 is 0 Å². The first-order valence-corrected chi connectivity index (χ1v) is 4.03. The van der Waals surface area contributed by atoms with E-state index in [9.17, 15) is 0 Å². The van der Waals surface area contributed by atoms with Crippen molar-refractivity contribution in [3.63, 3.8) is 0 Å². The van der Waals surface area contributed by atoms with E-state index < -0.39 is 0 Å². The molecule has 1 aliphatic heterocycles. The van der Waals surface area contributed by atoms with E-state index in [4.69, 9.17) is 0 Å². The Morgan fingerprint density at radius 2 is 2.09 bits per heavy atom. The minimum absolute atomic E-state index is 0.316. The van der Waals surface area contributed by atoms with Crippen LogP contribution in [0.5, 0.6) is 0 Å². The monoisotopic (exact) mass is 143 g/mol. The highest BCUT2D eigenvalue weighted by Crippen LogP contribution is 2.56. The Morgan fingerprint density at radius 3 is 2.91 bits per heavy atom. The average molecular weight is 143 g/mol. The Bertz CT molecular complexity index is 299. The van der Waals surface area contributed by atoms with Crippen molar-refractivity contribution in [2.45, 2.75) is 18.3 Å². The van der Waals surface area contributed by atoms with Gasteiger partial charge in [0.25, 0.3) is 0 Å². The summed E-state index contributed by atoms with van der Waals surface area (Å²) in [6.45, 7) is 3.32. The van der Waals surface area contributed by atoms with Gasteiger partial charge in [-0.2, -0.15) is 0 Å². The van der Waals surface area contributed by atoms with Gasteiger partial charge in [0.2, 0.25) is 0 Å². The predicted molar refractivity (Wildman–Crippen MR) is 44.2 cm³/mol. The number of rotatable bonds is 0. The molecule has 11 heavy (non-hydrogen) atoms. The molecule has 1 fully saturated rings. The molecule has 1 aromatic rings. The fourth-order valence-electron chi connectivity index (χ4n) is 1.78. The van der Waals surface area contributed by atoms with Crippen LogP contribution in [-0.4, -0.2) is 0 Å². The summed E-state index contributed by atoms with van der Waals surface area (Å²) in [6.07, 6.45) is 2.55. The van der Waals surface area contributed by atoms with Crippen molar-refractivity contribution in [1.29, 1.82) is 0 Å². The third kappa shape index (κ3) is 0.609. The molecular weight excluding hydrogens is 134 g/mol. The molecule has 1 aliphatic carbocycles. The summed E-state index contributed by atoms with van der Waals surface area (Å²) in [4.78, 5) is 0. The Morgan fingerprint density at radius 1 is 1.27 bits per heavy atom. The molecule has 0 saturated heterocycles. The molecule has 1 heterocycles. The van der Waals surface area contributed by atoms with E-state index in [2.05, 4.69) is 36.1 Å². The molecule has 1 spiro atoms. The van der Waals surface area contributed by atoms with Crippen LogP contribution in [0.2, 0.25) is 0 Å². The van der Waals surface area contributed by atoms with Crippen molar-refractivity contribution in [1.82, 2.24) is 0 Å². The highest BCUT2D eigenvalue weighted by atomic mass is 15.0. The number of fused-ring (bicyclic) bond motifs is 2. The van der Waals surface area contributed by atoms with Crippen LogP contribution in [0.15, 0.2) is 24.3 Å². The smallest absolute Gasteiger partial charge is 0.0997 e. The van der Waals surface area contributed by atoms with E-state index in [1.807, 2.05) is 0 Å². The molecule has 3 rings (SSSR count). The molecule has 0 unspecified atom stereocenters. The first kappa shape index (κ1) is 5.64. The van der Waals surface area contributed by atoms with E-state index in [0.717, 1.165) is 0 Å². The number of hydrogen-bond donors (Lipinski definition) is 1. The Hall–Kier alpha value is -0.980. The van der Waals surface area contributed by atoms with Gasteiger partial charge in [-0.25, -0.2) is 0 Å². The van der Waals surface area contributed by atoms with Crippen LogP contribution in [0.25, 0.3) is 0 Å². The minimum atomic E-state index is 0.316. The molecule has 0 atom stereocenters. The van der Waals surface area contributed by atoms with Gasteiger partial charge in [0.15, 0.2) is 0 Å². The number of anilines is 1. The maximum Gasteiger partial charge on any atom is 0.0997 e. The van der Waals surface area contributed by atoms with Gasteiger partial charge >= 0.3 is 0 Å². The second-order valence-corrected chi connectivity index (χ2v) is 3.38. The highest BCUT2D eigenvalue weighted by molar-refractivity contribution is 5.65. The molecule has 0 amide bonds. The Kier molecular flexibility index (Phi) is 0.823. The van der Waals surface area contributed by atoms with Gasteiger partial charge in [-0.1, -0.05) is 18.2 Å². The molecule has 54 valence electrons. The molecule has 2 radical (unpaired) electrons. The molecule has 1 aromatic carbocycles. The first-order chi connectivity index (χ1) is 5.41. The van der Waals surface area contributed by atoms with Crippen LogP contribution in [0.1, 0.15) is 18.4 Å². The highest BCUT2D eigenvalue weighted by Gasteiger charge is 2.49. The van der Waals surface area contributed by atoms with Crippen LogP contribution < -0.4 is 5.32 Å². The largest absolute Gasteiger partial charge is 0.374 e. The van der Waals surface area contributed by atoms with Crippen LogP contribution in [0, 0.1) is 6.54 Å². The predicted octanol–water partition coefficient (Wildman–Crippen LogP) is 2.18. The number of para-hydroxylation sites is 1. The normalized spacial score (nSPS) is 22.9. The van der Waals surface area contributed by atoms with Gasteiger partial charge in [0.1, 0.15) is 0 Å². The molecule has 0 aromatic heterocycles. The third-order valence-corrected chi connectivity index (χ3v) is 2.63. The standard InChI is InChI=1S/C10H9N/c1-2-4-9-8(3-1)10(5-6-10)7-11-9/h1-4,11H,5-6H2. The molecule has 1 N–H and O–H groups in total. The molecular formula is C10H9N. The zero-order valence-corrected chi connectivity index (χ0v) is 6.22. The Labute approximate surface area is 66.4 Å². The van der Waals surface area contributed by atoms with Crippen molar-refractivity contribution in [2.24, 2.45) is 0 Å². The van der Waals surface area contributed by atoms with Crippen molar-refractivity contribution in [3.8, 4) is 0 Å². The summed E-state index contributed by atoms with van der Waals surface area (Å²) in [5.41, 5.74) is 3.02. The van der Waals surface area contributed by atoms with Crippen molar-refractivity contribution in [2.75, 3.05) is 5.32 Å². The zero-order chi connectivity index (χ0) is 7.31. The first-order valence-electron chi connectivity index (χ1n) is 4.03. The van der Waals surface area contributed by atoms with Crippen LogP contribution >= 0.6 is 0 Å². The summed E-state index contributed by atoms with van der Waals surface area (Å²) in [7, 11) is 0. The van der Waals surface area contributed by atoms with Crippen molar-refractivity contribution >= 4 is 5.69 Å². The zero-order valence-electron chi connectivity index (χ0n) is 6.22. The van der Waals surface area contributed by atoms with Gasteiger partial charge in [-0.15, -0.1) is 0 Å². The summed E-state index contributed by atoms with van der Waals surface area (Å²) in [5.74, 6) is 0. The number of benzene rings is 1. The molecule has 1 heteroatoms. The van der Waals surface area contributed by atoms with Crippen molar-refractivity contribution in [3.05, 3.63) is 36.4 Å². The minimum Gasteiger partial charge on any atom is -0.374 e. The summed E-state index contributed by atoms with van der Waals surface area (Å²) in [5, 5.41) is 3.20. The molecule has 1 saturated carbocycles. The second kappa shape index (κ2) is 1.60. The van der Waals surface area contributed by atoms with Gasteiger partial charge in [0.05, 0.1) is 6.54 Å². The lowest BCUT2D eigenvalue weighted by Crippen LogP contribution is -2.00. The maximum absolute atomic E-state index is 3.32. The lowest BCUT2D eigenvalue weighted by Gasteiger charge is -2.02. The lowest BCUT2D eigenvalue weighted by molar-refractivity contribution is 0.864. The topological polar surface area (TPSA) is 12.0 Å². The quantitative estimate of drug-likeness (QED) is 0.587. The SMILES string of the molecule is [C]1Nc2ccccc2C12CC2. The lowest BCUT2D eigenvalue weighted by atomic mass is 9.99. The van der Waals surface area contributed by atoms with Gasteiger partial charge < -0.3 is 5.32 Å². The van der Waals surface area contributed by atoms with Crippen LogP contribution in [-0.2, 0) is 5.41 Å². The summed E-state index contributed by atoms with van der Waals surface area (Å²) >= 11 is 0. The average Bonchev–Trinajstić information content (AvgIpc) is 2.72. The maximum atomic E-state index is 3.32. The van der Waals surface area contributed by atoms with E-state index in [1.54, 1.807) is 0 Å². The van der Waals surface area contributed by atoms with E-state index in [1.165, 1.54) is 24.1 Å². The van der Waals surface area contributed by atoms with E-state index in [0.29, 0.717) is 5.41 Å². The van der Waals surface area contributed by atoms with Gasteiger partial charge in [0, 0.05) is 11.1 Å². The summed E-state index contributed by atoms with van der Waals surface area (Å²) in [6, 6.07) is 8.49. The van der Waals surface area contributed by atoms with Gasteiger partial charge in [-0.3, -0.25) is 0 Å². The van der Waals surface area contributed by atoms with Crippen molar-refractivity contribution < 1.29 is 0 Å².